The first-order valence-electron chi connectivity index (χ1n) is 9.11. The van der Waals surface area contributed by atoms with E-state index in [9.17, 15) is 10.1 Å². The van der Waals surface area contributed by atoms with Gasteiger partial charge in [-0.15, -0.1) is 0 Å². The van der Waals surface area contributed by atoms with Crippen LogP contribution in [0.15, 0.2) is 60.7 Å². The topological polar surface area (TPSA) is 79.5 Å². The number of aromatic carboxylic acids is 1. The van der Waals surface area contributed by atoms with Crippen LogP contribution in [0.4, 0.5) is 0 Å². The molecule has 7 heteroatoms. The van der Waals surface area contributed by atoms with E-state index in [-0.39, 0.29) is 12.2 Å². The molecule has 0 aliphatic heterocycles. The Morgan fingerprint density at radius 2 is 1.71 bits per heavy atom. The highest BCUT2D eigenvalue weighted by Gasteiger charge is 2.09. The Morgan fingerprint density at radius 1 is 1.00 bits per heavy atom. The maximum absolute atomic E-state index is 11.0. The molecule has 0 aromatic heterocycles. The molecule has 0 fully saturated rings. The molecule has 3 aromatic rings. The molecule has 0 aliphatic rings. The summed E-state index contributed by atoms with van der Waals surface area (Å²) in [5, 5.41) is 19.5. The van der Waals surface area contributed by atoms with Crippen molar-refractivity contribution in [2.24, 2.45) is 0 Å². The van der Waals surface area contributed by atoms with Gasteiger partial charge in [0, 0.05) is 0 Å². The molecule has 5 nitrogen and oxygen atoms in total. The monoisotopic (exact) mass is 453 g/mol. The number of halogens is 2. The van der Waals surface area contributed by atoms with Gasteiger partial charge in [-0.2, -0.15) is 5.26 Å². The predicted molar refractivity (Wildman–Crippen MR) is 121 cm³/mol. The highest BCUT2D eigenvalue weighted by molar-refractivity contribution is 6.42. The molecular weight excluding hydrogens is 437 g/mol. The molecule has 0 unspecified atom stereocenters. The van der Waals surface area contributed by atoms with E-state index < -0.39 is 5.97 Å². The number of hydrogen-bond acceptors (Lipinski definition) is 4. The third kappa shape index (κ3) is 5.58. The Hall–Kier alpha value is -3.46. The maximum Gasteiger partial charge on any atom is 0.335 e. The second-order valence-corrected chi connectivity index (χ2v) is 7.31. The van der Waals surface area contributed by atoms with E-state index in [2.05, 4.69) is 6.07 Å². The van der Waals surface area contributed by atoms with E-state index in [1.165, 1.54) is 19.2 Å². The summed E-state index contributed by atoms with van der Waals surface area (Å²) in [6.45, 7) is 0.280. The molecule has 0 aliphatic carbocycles. The predicted octanol–water partition coefficient (Wildman–Crippen LogP) is 6.34. The van der Waals surface area contributed by atoms with E-state index in [1.54, 1.807) is 48.5 Å². The number of carboxylic acid groups (broad SMARTS) is 1. The molecule has 0 heterocycles. The lowest BCUT2D eigenvalue weighted by atomic mass is 10.0. The van der Waals surface area contributed by atoms with Crippen molar-refractivity contribution in [2.45, 2.75) is 6.61 Å². The molecule has 0 atom stereocenters. The van der Waals surface area contributed by atoms with Crippen LogP contribution in [0.5, 0.6) is 11.5 Å². The van der Waals surface area contributed by atoms with Crippen molar-refractivity contribution in [3.63, 3.8) is 0 Å². The molecule has 156 valence electrons. The van der Waals surface area contributed by atoms with Gasteiger partial charge in [-0.3, -0.25) is 0 Å². The van der Waals surface area contributed by atoms with Crippen LogP contribution in [-0.4, -0.2) is 18.2 Å². The van der Waals surface area contributed by atoms with Crippen LogP contribution in [0, 0.1) is 11.3 Å². The van der Waals surface area contributed by atoms with Gasteiger partial charge < -0.3 is 14.6 Å². The average molecular weight is 454 g/mol. The Kier molecular flexibility index (Phi) is 7.19. The summed E-state index contributed by atoms with van der Waals surface area (Å²) in [6, 6.07) is 18.9. The van der Waals surface area contributed by atoms with E-state index in [1.807, 2.05) is 6.07 Å². The van der Waals surface area contributed by atoms with Crippen molar-refractivity contribution >= 4 is 40.8 Å². The largest absolute Gasteiger partial charge is 0.493 e. The van der Waals surface area contributed by atoms with Gasteiger partial charge in [0.1, 0.15) is 6.61 Å². The van der Waals surface area contributed by atoms with Crippen LogP contribution in [-0.2, 0) is 6.61 Å². The Bertz CT molecular complexity index is 1180. The van der Waals surface area contributed by atoms with E-state index in [0.717, 1.165) is 11.1 Å². The summed E-state index contributed by atoms with van der Waals surface area (Å²) in [5.74, 6) is 0.0256. The summed E-state index contributed by atoms with van der Waals surface area (Å²) >= 11 is 12.0. The molecule has 0 saturated carbocycles. The molecule has 31 heavy (non-hydrogen) atoms. The number of nitriles is 1. The van der Waals surface area contributed by atoms with Crippen molar-refractivity contribution in [3.05, 3.63) is 93.0 Å². The summed E-state index contributed by atoms with van der Waals surface area (Å²) in [5.41, 5.74) is 2.76. The van der Waals surface area contributed by atoms with E-state index in [4.69, 9.17) is 37.8 Å². The maximum atomic E-state index is 11.0. The lowest BCUT2D eigenvalue weighted by Gasteiger charge is -2.12. The minimum Gasteiger partial charge on any atom is -0.493 e. The smallest absolute Gasteiger partial charge is 0.335 e. The molecule has 0 radical (unpaired) electrons. The fourth-order valence-corrected chi connectivity index (χ4v) is 3.14. The number of allylic oxidation sites excluding steroid dienone is 1. The zero-order chi connectivity index (χ0) is 22.4. The zero-order valence-electron chi connectivity index (χ0n) is 16.4. The van der Waals surface area contributed by atoms with Crippen LogP contribution in [0.25, 0.3) is 11.6 Å². The molecule has 3 aromatic carbocycles. The quantitative estimate of drug-likeness (QED) is 0.333. The fourth-order valence-electron chi connectivity index (χ4n) is 2.82. The minimum absolute atomic E-state index is 0.159. The zero-order valence-corrected chi connectivity index (χ0v) is 17.9. The highest BCUT2D eigenvalue weighted by atomic mass is 35.5. The summed E-state index contributed by atoms with van der Waals surface area (Å²) < 4.78 is 11.3. The number of methoxy groups -OCH3 is 1. The van der Waals surface area contributed by atoms with Gasteiger partial charge in [-0.25, -0.2) is 4.79 Å². The van der Waals surface area contributed by atoms with Gasteiger partial charge in [0.05, 0.1) is 34.4 Å². The van der Waals surface area contributed by atoms with Crippen LogP contribution < -0.4 is 9.47 Å². The van der Waals surface area contributed by atoms with Crippen molar-refractivity contribution in [1.82, 2.24) is 0 Å². The van der Waals surface area contributed by atoms with E-state index in [0.29, 0.717) is 32.7 Å². The highest BCUT2D eigenvalue weighted by Crippen LogP contribution is 2.31. The van der Waals surface area contributed by atoms with E-state index >= 15 is 0 Å². The van der Waals surface area contributed by atoms with Crippen LogP contribution in [0.3, 0.4) is 0 Å². The Morgan fingerprint density at radius 3 is 2.32 bits per heavy atom. The van der Waals surface area contributed by atoms with Gasteiger partial charge >= 0.3 is 5.97 Å². The summed E-state index contributed by atoms with van der Waals surface area (Å²) in [7, 11) is 1.53. The van der Waals surface area contributed by atoms with Gasteiger partial charge in [-0.1, -0.05) is 47.5 Å². The molecule has 0 spiro atoms. The number of rotatable bonds is 7. The second-order valence-electron chi connectivity index (χ2n) is 6.50. The Balaban J connectivity index is 1.81. The standard InChI is InChI=1S/C24H17Cl2NO4/c1-30-23-12-15(10-19(13-27)17-4-6-18(7-5-17)24(28)29)3-9-22(23)31-14-16-2-8-20(25)21(26)11-16/h2-12H,14H2,1H3,(H,28,29). The van der Waals surface area contributed by atoms with Crippen molar-refractivity contribution < 1.29 is 19.4 Å². The first-order chi connectivity index (χ1) is 14.9. The second kappa shape index (κ2) is 10.0. The van der Waals surface area contributed by atoms with Crippen molar-refractivity contribution in [1.29, 1.82) is 5.26 Å². The fraction of sp³-hybridized carbons (Fsp3) is 0.0833. The van der Waals surface area contributed by atoms with Crippen LogP contribution in [0.2, 0.25) is 10.0 Å². The van der Waals surface area contributed by atoms with Gasteiger partial charge in [0.25, 0.3) is 0 Å². The SMILES string of the molecule is COc1cc(C=C(C#N)c2ccc(C(=O)O)cc2)ccc1OCc1ccc(Cl)c(Cl)c1. The molecule has 1 N–H and O–H groups in total. The molecule has 0 bridgehead atoms. The molecular formula is C24H17Cl2NO4. The number of benzene rings is 3. The van der Waals surface area contributed by atoms with Gasteiger partial charge in [-0.05, 0) is 59.2 Å². The van der Waals surface area contributed by atoms with Crippen LogP contribution >= 0.6 is 23.2 Å². The van der Waals surface area contributed by atoms with Gasteiger partial charge in [0.15, 0.2) is 11.5 Å². The average Bonchev–Trinajstić information content (AvgIpc) is 2.78. The van der Waals surface area contributed by atoms with Gasteiger partial charge in [0.2, 0.25) is 0 Å². The molecule has 3 rings (SSSR count). The first kappa shape index (κ1) is 22.2. The molecule has 0 amide bonds. The first-order valence-corrected chi connectivity index (χ1v) is 9.87. The number of hydrogen-bond donors (Lipinski definition) is 1. The summed E-state index contributed by atoms with van der Waals surface area (Å²) in [4.78, 5) is 11.0. The van der Waals surface area contributed by atoms with Crippen molar-refractivity contribution in [3.8, 4) is 17.6 Å². The lowest BCUT2D eigenvalue weighted by Crippen LogP contribution is -1.98. The lowest BCUT2D eigenvalue weighted by molar-refractivity contribution is 0.0697. The summed E-state index contributed by atoms with van der Waals surface area (Å²) in [6.07, 6.45) is 1.70. The normalized spacial score (nSPS) is 11.0. The number of nitrogens with zero attached hydrogens (tertiary/aromatic N) is 1. The molecule has 0 saturated heterocycles. The number of carboxylic acids is 1. The Labute approximate surface area is 189 Å². The van der Waals surface area contributed by atoms with Crippen LogP contribution in [0.1, 0.15) is 27.0 Å². The van der Waals surface area contributed by atoms with Crippen molar-refractivity contribution in [2.75, 3.05) is 7.11 Å². The third-order valence-corrected chi connectivity index (χ3v) is 5.18. The number of carbonyl (C=O) groups is 1. The number of ether oxygens (including phenoxy) is 2. The third-order valence-electron chi connectivity index (χ3n) is 4.44. The minimum atomic E-state index is -1.02.